The second kappa shape index (κ2) is 5.64. The minimum atomic E-state index is -3.72. The molecule has 0 aliphatic heterocycles. The smallest absolute Gasteiger partial charge is 0.240 e. The average molecular weight is 305 g/mol. The van der Waals surface area contributed by atoms with E-state index in [-0.39, 0.29) is 16.5 Å². The third-order valence-corrected chi connectivity index (χ3v) is 4.07. The van der Waals surface area contributed by atoms with Crippen molar-refractivity contribution in [3.05, 3.63) is 41.2 Å². The van der Waals surface area contributed by atoms with Crippen LogP contribution in [0.1, 0.15) is 5.82 Å². The number of rotatable bonds is 5. The molecule has 0 saturated carbocycles. The van der Waals surface area contributed by atoms with Gasteiger partial charge in [0.05, 0.1) is 9.92 Å². The first kappa shape index (κ1) is 13.9. The Kier molecular flexibility index (Phi) is 4.13. The minimum absolute atomic E-state index is 0.0866. The van der Waals surface area contributed by atoms with Crippen molar-refractivity contribution in [1.29, 1.82) is 0 Å². The van der Waals surface area contributed by atoms with Crippen LogP contribution in [0.2, 0.25) is 5.02 Å². The fourth-order valence-electron chi connectivity index (χ4n) is 1.38. The van der Waals surface area contributed by atoms with Crippen LogP contribution in [-0.4, -0.2) is 30.1 Å². The van der Waals surface area contributed by atoms with Crippen LogP contribution < -0.4 is 4.72 Å². The summed E-state index contributed by atoms with van der Waals surface area (Å²) in [4.78, 5) is 3.78. The monoisotopic (exact) mass is 304 g/mol. The summed E-state index contributed by atoms with van der Waals surface area (Å²) in [6.07, 6.45) is 1.71. The van der Waals surface area contributed by atoms with E-state index in [0.29, 0.717) is 12.2 Å². The highest BCUT2D eigenvalue weighted by molar-refractivity contribution is 7.89. The molecule has 1 heterocycles. The van der Waals surface area contributed by atoms with Gasteiger partial charge in [-0.1, -0.05) is 11.6 Å². The number of hydrogen-bond acceptors (Lipinski definition) is 4. The Morgan fingerprint density at radius 1 is 1.42 bits per heavy atom. The first-order valence-electron chi connectivity index (χ1n) is 5.28. The lowest BCUT2D eigenvalue weighted by molar-refractivity contribution is 0.580. The number of H-pyrrole nitrogens is 1. The van der Waals surface area contributed by atoms with Crippen LogP contribution in [0.4, 0.5) is 4.39 Å². The van der Waals surface area contributed by atoms with E-state index in [1.165, 1.54) is 6.33 Å². The zero-order chi connectivity index (χ0) is 13.9. The van der Waals surface area contributed by atoms with Crippen molar-refractivity contribution >= 4 is 21.6 Å². The Morgan fingerprint density at radius 3 is 2.84 bits per heavy atom. The summed E-state index contributed by atoms with van der Waals surface area (Å²) in [5.41, 5.74) is 0. The Hall–Kier alpha value is -1.51. The molecule has 9 heteroatoms. The summed E-state index contributed by atoms with van der Waals surface area (Å²) >= 11 is 5.54. The first-order chi connectivity index (χ1) is 8.99. The SMILES string of the molecule is O=S(=O)(NCCc1ncn[nH]1)c1ccc(F)c(Cl)c1. The summed E-state index contributed by atoms with van der Waals surface area (Å²) in [5, 5.41) is 6.02. The van der Waals surface area contributed by atoms with Crippen molar-refractivity contribution in [2.24, 2.45) is 0 Å². The average Bonchev–Trinajstić information content (AvgIpc) is 2.85. The van der Waals surface area contributed by atoms with Crippen LogP contribution in [0, 0.1) is 5.82 Å². The predicted molar refractivity (Wildman–Crippen MR) is 66.7 cm³/mol. The molecule has 19 heavy (non-hydrogen) atoms. The van der Waals surface area contributed by atoms with Gasteiger partial charge in [0, 0.05) is 13.0 Å². The molecule has 0 aliphatic carbocycles. The first-order valence-corrected chi connectivity index (χ1v) is 7.14. The van der Waals surface area contributed by atoms with Gasteiger partial charge in [0.15, 0.2) is 0 Å². The van der Waals surface area contributed by atoms with Gasteiger partial charge in [-0.05, 0) is 18.2 Å². The normalized spacial score (nSPS) is 11.7. The quantitative estimate of drug-likeness (QED) is 0.866. The molecule has 2 N–H and O–H groups in total. The standard InChI is InChI=1S/C10H10ClFN4O2S/c11-8-5-7(1-2-9(8)12)19(17,18)15-4-3-10-13-6-14-16-10/h1-2,5-6,15H,3-4H2,(H,13,14,16). The van der Waals surface area contributed by atoms with Gasteiger partial charge in [-0.3, -0.25) is 5.10 Å². The number of hydrogen-bond donors (Lipinski definition) is 2. The molecule has 0 saturated heterocycles. The predicted octanol–water partition coefficient (Wildman–Crippen LogP) is 1.12. The highest BCUT2D eigenvalue weighted by Crippen LogP contribution is 2.19. The summed E-state index contributed by atoms with van der Waals surface area (Å²) in [5.74, 6) is -0.0953. The van der Waals surface area contributed by atoms with E-state index in [2.05, 4.69) is 19.9 Å². The van der Waals surface area contributed by atoms with Crippen LogP contribution in [-0.2, 0) is 16.4 Å². The third kappa shape index (κ3) is 3.49. The molecular formula is C10H10ClFN4O2S. The summed E-state index contributed by atoms with van der Waals surface area (Å²) in [6.45, 7) is 0.145. The lowest BCUT2D eigenvalue weighted by Crippen LogP contribution is -2.26. The van der Waals surface area contributed by atoms with E-state index >= 15 is 0 Å². The van der Waals surface area contributed by atoms with Crippen molar-refractivity contribution < 1.29 is 12.8 Å². The molecule has 2 rings (SSSR count). The zero-order valence-electron chi connectivity index (χ0n) is 9.60. The molecule has 6 nitrogen and oxygen atoms in total. The number of sulfonamides is 1. The summed E-state index contributed by atoms with van der Waals surface area (Å²) < 4.78 is 39.1. The molecule has 0 aliphatic rings. The molecular weight excluding hydrogens is 295 g/mol. The van der Waals surface area contributed by atoms with Crippen LogP contribution in [0.25, 0.3) is 0 Å². The Morgan fingerprint density at radius 2 is 2.21 bits per heavy atom. The van der Waals surface area contributed by atoms with Gasteiger partial charge in [-0.15, -0.1) is 0 Å². The summed E-state index contributed by atoms with van der Waals surface area (Å²) in [7, 11) is -3.72. The lowest BCUT2D eigenvalue weighted by atomic mass is 10.3. The number of halogens is 2. The Bertz CT molecular complexity index is 660. The fraction of sp³-hybridized carbons (Fsp3) is 0.200. The number of aromatic nitrogens is 3. The molecule has 2 aromatic rings. The van der Waals surface area contributed by atoms with E-state index in [0.717, 1.165) is 18.2 Å². The molecule has 0 atom stereocenters. The maximum Gasteiger partial charge on any atom is 0.240 e. The van der Waals surface area contributed by atoms with Gasteiger partial charge >= 0.3 is 0 Å². The molecule has 0 radical (unpaired) electrons. The van der Waals surface area contributed by atoms with Crippen molar-refractivity contribution in [3.8, 4) is 0 Å². The van der Waals surface area contributed by atoms with Crippen LogP contribution in [0.3, 0.4) is 0 Å². The highest BCUT2D eigenvalue weighted by Gasteiger charge is 2.15. The van der Waals surface area contributed by atoms with Gasteiger partial charge in [0.2, 0.25) is 10.0 Å². The van der Waals surface area contributed by atoms with Crippen molar-refractivity contribution in [2.75, 3.05) is 6.54 Å². The molecule has 102 valence electrons. The minimum Gasteiger partial charge on any atom is -0.263 e. The topological polar surface area (TPSA) is 87.7 Å². The van der Waals surface area contributed by atoms with Crippen molar-refractivity contribution in [2.45, 2.75) is 11.3 Å². The maximum atomic E-state index is 13.0. The van der Waals surface area contributed by atoms with E-state index in [1.807, 2.05) is 0 Å². The molecule has 0 fully saturated rings. The molecule has 1 aromatic heterocycles. The molecule has 0 unspecified atom stereocenters. The van der Waals surface area contributed by atoms with E-state index in [9.17, 15) is 12.8 Å². The highest BCUT2D eigenvalue weighted by atomic mass is 35.5. The summed E-state index contributed by atoms with van der Waals surface area (Å²) in [6, 6.07) is 3.22. The second-order valence-electron chi connectivity index (χ2n) is 3.66. The lowest BCUT2D eigenvalue weighted by Gasteiger charge is -2.06. The maximum absolute atomic E-state index is 13.0. The van der Waals surface area contributed by atoms with Crippen LogP contribution in [0.15, 0.2) is 29.4 Å². The number of nitrogens with one attached hydrogen (secondary N) is 2. The van der Waals surface area contributed by atoms with Crippen molar-refractivity contribution in [3.63, 3.8) is 0 Å². The second-order valence-corrected chi connectivity index (χ2v) is 5.83. The van der Waals surface area contributed by atoms with E-state index in [4.69, 9.17) is 11.6 Å². The largest absolute Gasteiger partial charge is 0.263 e. The number of nitrogens with zero attached hydrogens (tertiary/aromatic N) is 2. The number of benzene rings is 1. The van der Waals surface area contributed by atoms with E-state index in [1.54, 1.807) is 0 Å². The van der Waals surface area contributed by atoms with Gasteiger partial charge in [-0.2, -0.15) is 5.10 Å². The van der Waals surface area contributed by atoms with E-state index < -0.39 is 15.8 Å². The molecule has 0 amide bonds. The van der Waals surface area contributed by atoms with Gasteiger partial charge in [0.25, 0.3) is 0 Å². The zero-order valence-corrected chi connectivity index (χ0v) is 11.2. The number of aromatic amines is 1. The Balaban J connectivity index is 2.03. The van der Waals surface area contributed by atoms with Crippen LogP contribution in [0.5, 0.6) is 0 Å². The third-order valence-electron chi connectivity index (χ3n) is 2.32. The molecule has 0 spiro atoms. The van der Waals surface area contributed by atoms with Crippen LogP contribution >= 0.6 is 11.6 Å². The molecule has 0 bridgehead atoms. The van der Waals surface area contributed by atoms with Crippen molar-refractivity contribution in [1.82, 2.24) is 19.9 Å². The van der Waals surface area contributed by atoms with Gasteiger partial charge in [0.1, 0.15) is 18.0 Å². The Labute approximate surface area is 114 Å². The van der Waals surface area contributed by atoms with Gasteiger partial charge in [-0.25, -0.2) is 22.5 Å². The fourth-order valence-corrected chi connectivity index (χ4v) is 2.69. The van der Waals surface area contributed by atoms with Gasteiger partial charge < -0.3 is 0 Å². The molecule has 1 aromatic carbocycles.